The van der Waals surface area contributed by atoms with E-state index >= 15 is 0 Å². The summed E-state index contributed by atoms with van der Waals surface area (Å²) in [6, 6.07) is 5.47. The van der Waals surface area contributed by atoms with Crippen molar-refractivity contribution in [2.24, 2.45) is 5.84 Å². The average molecular weight is 222 g/mol. The molecule has 0 aliphatic carbocycles. The molecule has 0 aliphatic rings. The molecular weight excluding hydrogens is 215 g/mol. The molecule has 0 aliphatic heterocycles. The molecule has 1 aromatic heterocycles. The number of benzene rings is 1. The van der Waals surface area contributed by atoms with E-state index in [9.17, 15) is 9.18 Å². The van der Waals surface area contributed by atoms with E-state index in [1.807, 2.05) is 5.43 Å². The standard InChI is InChI=1S/C9H7FN4O2/c10-6-3-1-5(2-4-6)7-12-9(16-14-7)8(15)13-11/h1-4H,11H2,(H,13,15). The van der Waals surface area contributed by atoms with Gasteiger partial charge in [0, 0.05) is 5.56 Å². The summed E-state index contributed by atoms with van der Waals surface area (Å²) >= 11 is 0. The fourth-order valence-electron chi connectivity index (χ4n) is 1.09. The predicted octanol–water partition coefficient (Wildman–Crippen LogP) is 0.479. The molecule has 16 heavy (non-hydrogen) atoms. The first-order valence-corrected chi connectivity index (χ1v) is 4.31. The number of halogens is 1. The van der Waals surface area contributed by atoms with Crippen LogP contribution in [-0.2, 0) is 0 Å². The van der Waals surface area contributed by atoms with Gasteiger partial charge in [0.1, 0.15) is 5.82 Å². The third-order valence-corrected chi connectivity index (χ3v) is 1.85. The molecule has 0 saturated heterocycles. The van der Waals surface area contributed by atoms with Crippen LogP contribution in [0.4, 0.5) is 4.39 Å². The summed E-state index contributed by atoms with van der Waals surface area (Å²) in [6.45, 7) is 0. The van der Waals surface area contributed by atoms with E-state index in [1.54, 1.807) is 0 Å². The third kappa shape index (κ3) is 1.89. The van der Waals surface area contributed by atoms with Crippen molar-refractivity contribution in [2.45, 2.75) is 0 Å². The Morgan fingerprint density at radius 2 is 2.06 bits per heavy atom. The van der Waals surface area contributed by atoms with Crippen LogP contribution < -0.4 is 11.3 Å². The number of carbonyl (C=O) groups excluding carboxylic acids is 1. The first kappa shape index (κ1) is 10.2. The molecular formula is C9H7FN4O2. The van der Waals surface area contributed by atoms with Crippen molar-refractivity contribution in [1.82, 2.24) is 15.6 Å². The lowest BCUT2D eigenvalue weighted by molar-refractivity contribution is 0.0910. The lowest BCUT2D eigenvalue weighted by atomic mass is 10.2. The molecule has 2 rings (SSSR count). The number of hydrogen-bond donors (Lipinski definition) is 2. The van der Waals surface area contributed by atoms with E-state index in [-0.39, 0.29) is 17.5 Å². The van der Waals surface area contributed by atoms with Crippen molar-refractivity contribution >= 4 is 5.91 Å². The zero-order valence-corrected chi connectivity index (χ0v) is 7.98. The van der Waals surface area contributed by atoms with E-state index in [0.29, 0.717) is 5.56 Å². The number of carbonyl (C=O) groups is 1. The number of nitrogen functional groups attached to an aromatic ring is 1. The second-order valence-corrected chi connectivity index (χ2v) is 2.90. The molecule has 0 spiro atoms. The van der Waals surface area contributed by atoms with Crippen LogP contribution in [0.5, 0.6) is 0 Å². The Balaban J connectivity index is 2.31. The highest BCUT2D eigenvalue weighted by Gasteiger charge is 2.14. The quantitative estimate of drug-likeness (QED) is 0.438. The van der Waals surface area contributed by atoms with Gasteiger partial charge in [0.15, 0.2) is 0 Å². The average Bonchev–Trinajstić information content (AvgIpc) is 2.78. The Labute approximate surface area is 89.2 Å². The van der Waals surface area contributed by atoms with Crippen LogP contribution in [0.25, 0.3) is 11.4 Å². The van der Waals surface area contributed by atoms with Crippen LogP contribution in [0.1, 0.15) is 10.7 Å². The van der Waals surface area contributed by atoms with E-state index in [2.05, 4.69) is 14.7 Å². The van der Waals surface area contributed by atoms with Crippen molar-refractivity contribution in [1.29, 1.82) is 0 Å². The highest BCUT2D eigenvalue weighted by atomic mass is 19.1. The minimum Gasteiger partial charge on any atom is -0.328 e. The van der Waals surface area contributed by atoms with Gasteiger partial charge in [0.05, 0.1) is 0 Å². The van der Waals surface area contributed by atoms with Gasteiger partial charge in [0.25, 0.3) is 0 Å². The van der Waals surface area contributed by atoms with Crippen molar-refractivity contribution < 1.29 is 13.7 Å². The smallest absolute Gasteiger partial charge is 0.323 e. The summed E-state index contributed by atoms with van der Waals surface area (Å²) in [5.41, 5.74) is 2.40. The molecule has 1 amide bonds. The summed E-state index contributed by atoms with van der Waals surface area (Å²) in [6.07, 6.45) is 0. The number of hydrogen-bond acceptors (Lipinski definition) is 5. The van der Waals surface area contributed by atoms with Gasteiger partial charge in [-0.15, -0.1) is 0 Å². The lowest BCUT2D eigenvalue weighted by Gasteiger charge is -1.92. The predicted molar refractivity (Wildman–Crippen MR) is 51.3 cm³/mol. The van der Waals surface area contributed by atoms with Gasteiger partial charge in [-0.25, -0.2) is 10.2 Å². The maximum Gasteiger partial charge on any atom is 0.323 e. The normalized spacial score (nSPS) is 10.1. The number of nitrogens with one attached hydrogen (secondary N) is 1. The molecule has 82 valence electrons. The monoisotopic (exact) mass is 222 g/mol. The highest BCUT2D eigenvalue weighted by Crippen LogP contribution is 2.15. The maximum absolute atomic E-state index is 12.6. The number of aromatic nitrogens is 2. The van der Waals surface area contributed by atoms with Crippen LogP contribution >= 0.6 is 0 Å². The van der Waals surface area contributed by atoms with E-state index in [0.717, 1.165) is 0 Å². The summed E-state index contributed by atoms with van der Waals surface area (Å²) < 4.78 is 17.3. The number of hydrazine groups is 1. The maximum atomic E-state index is 12.6. The molecule has 6 nitrogen and oxygen atoms in total. The topological polar surface area (TPSA) is 94.0 Å². The third-order valence-electron chi connectivity index (χ3n) is 1.85. The van der Waals surface area contributed by atoms with Crippen LogP contribution in [0.15, 0.2) is 28.8 Å². The molecule has 0 bridgehead atoms. The van der Waals surface area contributed by atoms with Gasteiger partial charge in [-0.2, -0.15) is 4.98 Å². The minimum absolute atomic E-state index is 0.193. The number of nitrogens with zero attached hydrogens (tertiary/aromatic N) is 2. The molecule has 0 fully saturated rings. The molecule has 7 heteroatoms. The Hall–Kier alpha value is -2.28. The summed E-state index contributed by atoms with van der Waals surface area (Å²) in [5, 5.41) is 3.56. The molecule has 2 aromatic rings. The lowest BCUT2D eigenvalue weighted by Crippen LogP contribution is -2.30. The summed E-state index contributed by atoms with van der Waals surface area (Å²) in [5.74, 6) is 3.79. The van der Waals surface area contributed by atoms with Crippen molar-refractivity contribution in [3.05, 3.63) is 36.0 Å². The fraction of sp³-hybridized carbons (Fsp3) is 0. The Morgan fingerprint density at radius 3 is 2.69 bits per heavy atom. The van der Waals surface area contributed by atoms with Gasteiger partial charge >= 0.3 is 11.8 Å². The van der Waals surface area contributed by atoms with Gasteiger partial charge in [0.2, 0.25) is 5.82 Å². The van der Waals surface area contributed by atoms with E-state index in [4.69, 9.17) is 5.84 Å². The highest BCUT2D eigenvalue weighted by molar-refractivity contribution is 5.89. The minimum atomic E-state index is -0.680. The van der Waals surface area contributed by atoms with Crippen molar-refractivity contribution in [3.63, 3.8) is 0 Å². The van der Waals surface area contributed by atoms with Gasteiger partial charge in [-0.1, -0.05) is 5.16 Å². The summed E-state index contributed by atoms with van der Waals surface area (Å²) in [7, 11) is 0. The van der Waals surface area contributed by atoms with Crippen molar-refractivity contribution in [2.75, 3.05) is 0 Å². The molecule has 3 N–H and O–H groups in total. The second kappa shape index (κ2) is 4.07. The molecule has 0 atom stereocenters. The van der Waals surface area contributed by atoms with Crippen LogP contribution in [-0.4, -0.2) is 16.0 Å². The zero-order valence-electron chi connectivity index (χ0n) is 7.98. The van der Waals surface area contributed by atoms with Crippen LogP contribution in [0, 0.1) is 5.82 Å². The largest absolute Gasteiger partial charge is 0.328 e. The number of rotatable bonds is 2. The first-order chi connectivity index (χ1) is 7.70. The Morgan fingerprint density at radius 1 is 1.38 bits per heavy atom. The number of amides is 1. The molecule has 1 aromatic carbocycles. The van der Waals surface area contributed by atoms with Crippen LogP contribution in [0.3, 0.4) is 0 Å². The SMILES string of the molecule is NNC(=O)c1nc(-c2ccc(F)cc2)no1. The van der Waals surface area contributed by atoms with Crippen LogP contribution in [0.2, 0.25) is 0 Å². The van der Waals surface area contributed by atoms with Gasteiger partial charge < -0.3 is 4.52 Å². The zero-order chi connectivity index (χ0) is 11.5. The fourth-order valence-corrected chi connectivity index (χ4v) is 1.09. The molecule has 1 heterocycles. The second-order valence-electron chi connectivity index (χ2n) is 2.90. The Bertz CT molecular complexity index is 508. The molecule has 0 saturated carbocycles. The van der Waals surface area contributed by atoms with E-state index < -0.39 is 5.91 Å². The summed E-state index contributed by atoms with van der Waals surface area (Å²) in [4.78, 5) is 14.8. The molecule has 0 radical (unpaired) electrons. The first-order valence-electron chi connectivity index (χ1n) is 4.31. The van der Waals surface area contributed by atoms with Gasteiger partial charge in [-0.05, 0) is 24.3 Å². The van der Waals surface area contributed by atoms with E-state index in [1.165, 1.54) is 24.3 Å². The number of nitrogens with two attached hydrogens (primary N) is 1. The molecule has 0 unspecified atom stereocenters. The van der Waals surface area contributed by atoms with Gasteiger partial charge in [-0.3, -0.25) is 10.2 Å². The Kier molecular flexibility index (Phi) is 2.61. The van der Waals surface area contributed by atoms with Crippen molar-refractivity contribution in [3.8, 4) is 11.4 Å².